The first-order chi connectivity index (χ1) is 14.1. The Bertz CT molecular complexity index is 948. The van der Waals surface area contributed by atoms with Gasteiger partial charge in [0.05, 0.1) is 0 Å². The molecule has 1 N–H and O–H groups in total. The minimum atomic E-state index is -3.27. The van der Waals surface area contributed by atoms with Gasteiger partial charge in [-0.25, -0.2) is 0 Å². The predicted octanol–water partition coefficient (Wildman–Crippen LogP) is 4.74. The summed E-state index contributed by atoms with van der Waals surface area (Å²) in [5.74, 6) is -3.01. The molecule has 2 rings (SSSR count). The van der Waals surface area contributed by atoms with E-state index < -0.39 is 17.6 Å². The molecule has 0 aliphatic rings. The van der Waals surface area contributed by atoms with Crippen molar-refractivity contribution in [1.29, 1.82) is 5.41 Å². The molecule has 0 saturated heterocycles. The number of nitrogens with one attached hydrogen (secondary N) is 1. The molecular formula is C21H23F2N3O4. The van der Waals surface area contributed by atoms with Crippen LogP contribution < -0.4 is 4.74 Å². The molecule has 1 unspecified atom stereocenters. The van der Waals surface area contributed by atoms with Crippen LogP contribution in [-0.2, 0) is 9.59 Å². The molecule has 0 aliphatic heterocycles. The third-order valence-corrected chi connectivity index (χ3v) is 4.19. The van der Waals surface area contributed by atoms with Crippen molar-refractivity contribution in [3.05, 3.63) is 42.3 Å². The summed E-state index contributed by atoms with van der Waals surface area (Å²) >= 11 is 0. The third-order valence-electron chi connectivity index (χ3n) is 4.19. The molecule has 0 amide bonds. The normalized spacial score (nSPS) is 12.7. The summed E-state index contributed by atoms with van der Waals surface area (Å²) in [6, 6.07) is 6.74. The van der Waals surface area contributed by atoms with Crippen LogP contribution in [0.3, 0.4) is 0 Å². The molecule has 1 aromatic carbocycles. The highest BCUT2D eigenvalue weighted by Crippen LogP contribution is 2.25. The monoisotopic (exact) mass is 419 g/mol. The van der Waals surface area contributed by atoms with Crippen LogP contribution in [0.15, 0.2) is 40.9 Å². The molecular weight excluding hydrogens is 396 g/mol. The molecule has 0 bridgehead atoms. The minimum absolute atomic E-state index is 0.113. The van der Waals surface area contributed by atoms with E-state index in [1.54, 1.807) is 24.3 Å². The van der Waals surface area contributed by atoms with Crippen LogP contribution in [0.1, 0.15) is 51.8 Å². The van der Waals surface area contributed by atoms with Crippen molar-refractivity contribution < 1.29 is 27.6 Å². The highest BCUT2D eigenvalue weighted by Gasteiger charge is 2.25. The lowest BCUT2D eigenvalue weighted by Gasteiger charge is -2.07. The van der Waals surface area contributed by atoms with Gasteiger partial charge in [0.15, 0.2) is 5.78 Å². The number of hydrogen-bond donors (Lipinski definition) is 1. The van der Waals surface area contributed by atoms with Gasteiger partial charge in [-0.2, -0.15) is 13.8 Å². The van der Waals surface area contributed by atoms with Crippen molar-refractivity contribution >= 4 is 17.5 Å². The Labute approximate surface area is 172 Å². The topological polar surface area (TPSA) is 106 Å². The molecule has 0 aliphatic carbocycles. The van der Waals surface area contributed by atoms with E-state index in [2.05, 4.69) is 10.1 Å². The van der Waals surface area contributed by atoms with Crippen LogP contribution in [0.4, 0.5) is 8.78 Å². The number of nitrogens with zero attached hydrogens (tertiary/aromatic N) is 2. The number of allylic oxidation sites excluding steroid dienone is 2. The number of ether oxygens (including phenoxy) is 1. The number of esters is 1. The second kappa shape index (κ2) is 10.00. The Morgan fingerprint density at radius 1 is 1.33 bits per heavy atom. The maximum absolute atomic E-state index is 12.9. The van der Waals surface area contributed by atoms with Crippen LogP contribution >= 0.6 is 0 Å². The van der Waals surface area contributed by atoms with Gasteiger partial charge in [-0.3, -0.25) is 15.0 Å². The molecule has 0 saturated carbocycles. The number of rotatable bonds is 10. The fourth-order valence-electron chi connectivity index (χ4n) is 2.53. The number of carbonyl (C=O) groups is 2. The summed E-state index contributed by atoms with van der Waals surface area (Å²) in [5.41, 5.74) is -0.271. The molecule has 1 heterocycles. The molecule has 2 aromatic rings. The highest BCUT2D eigenvalue weighted by atomic mass is 19.3. The van der Waals surface area contributed by atoms with Gasteiger partial charge in [0, 0.05) is 31.7 Å². The Morgan fingerprint density at radius 3 is 2.73 bits per heavy atom. The van der Waals surface area contributed by atoms with Crippen molar-refractivity contribution in [3.8, 4) is 17.1 Å². The summed E-state index contributed by atoms with van der Waals surface area (Å²) in [7, 11) is 0. The fourth-order valence-corrected chi connectivity index (χ4v) is 2.53. The second-order valence-corrected chi connectivity index (χ2v) is 6.97. The number of alkyl halides is 2. The molecule has 1 aromatic heterocycles. The minimum Gasteiger partial charge on any atom is -0.427 e. The third kappa shape index (κ3) is 6.98. The smallest absolute Gasteiger partial charge is 0.308 e. The van der Waals surface area contributed by atoms with Gasteiger partial charge in [-0.1, -0.05) is 24.2 Å². The second-order valence-electron chi connectivity index (χ2n) is 6.97. The van der Waals surface area contributed by atoms with Crippen LogP contribution in [-0.4, -0.2) is 33.5 Å². The number of halogens is 2. The zero-order valence-electron chi connectivity index (χ0n) is 16.9. The zero-order chi connectivity index (χ0) is 22.3. The summed E-state index contributed by atoms with van der Waals surface area (Å²) < 4.78 is 36.1. The average Bonchev–Trinajstić information content (AvgIpc) is 3.15. The van der Waals surface area contributed by atoms with E-state index in [1.807, 2.05) is 6.92 Å². The summed E-state index contributed by atoms with van der Waals surface area (Å²) in [6.45, 7) is 3.79. The van der Waals surface area contributed by atoms with E-state index >= 15 is 0 Å². The fraction of sp³-hybridized carbons (Fsp3) is 0.381. The Morgan fingerprint density at radius 2 is 2.07 bits per heavy atom. The SMILES string of the molecule is CC(=O)Oc1cccc(-c2noc(C(C)CCCC(=O)/C=C/C(=N)C(C)(F)F)n2)c1. The first-order valence-electron chi connectivity index (χ1n) is 9.36. The highest BCUT2D eigenvalue weighted by molar-refractivity contribution is 6.03. The maximum atomic E-state index is 12.9. The Hall–Kier alpha value is -3.23. The van der Waals surface area contributed by atoms with E-state index in [0.717, 1.165) is 12.2 Å². The zero-order valence-corrected chi connectivity index (χ0v) is 16.9. The van der Waals surface area contributed by atoms with Crippen LogP contribution in [0.2, 0.25) is 0 Å². The lowest BCUT2D eigenvalue weighted by Crippen LogP contribution is -2.21. The van der Waals surface area contributed by atoms with E-state index in [-0.39, 0.29) is 18.1 Å². The summed E-state index contributed by atoms with van der Waals surface area (Å²) in [4.78, 5) is 27.2. The summed E-state index contributed by atoms with van der Waals surface area (Å²) in [6.07, 6.45) is 3.08. The summed E-state index contributed by atoms with van der Waals surface area (Å²) in [5, 5.41) is 11.1. The lowest BCUT2D eigenvalue weighted by atomic mass is 10.0. The molecule has 0 radical (unpaired) electrons. The van der Waals surface area contributed by atoms with Gasteiger partial charge < -0.3 is 9.26 Å². The van der Waals surface area contributed by atoms with Gasteiger partial charge in [0.1, 0.15) is 11.5 Å². The van der Waals surface area contributed by atoms with Gasteiger partial charge >= 0.3 is 5.97 Å². The van der Waals surface area contributed by atoms with Crippen molar-refractivity contribution in [2.75, 3.05) is 0 Å². The number of hydrogen-bond acceptors (Lipinski definition) is 7. The maximum Gasteiger partial charge on any atom is 0.308 e. The van der Waals surface area contributed by atoms with Crippen molar-refractivity contribution in [2.45, 2.75) is 51.9 Å². The molecule has 7 nitrogen and oxygen atoms in total. The first-order valence-corrected chi connectivity index (χ1v) is 9.36. The van der Waals surface area contributed by atoms with Crippen LogP contribution in [0, 0.1) is 5.41 Å². The van der Waals surface area contributed by atoms with E-state index in [9.17, 15) is 18.4 Å². The standard InChI is InChI=1S/C21H23F2N3O4/c1-13(6-4-8-16(28)10-11-18(24)21(3,22)23)20-25-19(26-30-20)15-7-5-9-17(12-15)29-14(2)27/h5,7,9-13,24H,4,6,8H2,1-3H3/b11-10+,24-18?. The van der Waals surface area contributed by atoms with Crippen molar-refractivity contribution in [1.82, 2.24) is 10.1 Å². The average molecular weight is 419 g/mol. The molecule has 9 heteroatoms. The van der Waals surface area contributed by atoms with Crippen molar-refractivity contribution in [2.24, 2.45) is 0 Å². The molecule has 0 fully saturated rings. The van der Waals surface area contributed by atoms with E-state index in [4.69, 9.17) is 14.7 Å². The largest absolute Gasteiger partial charge is 0.427 e. The number of aromatic nitrogens is 2. The predicted molar refractivity (Wildman–Crippen MR) is 106 cm³/mol. The Kier molecular flexibility index (Phi) is 7.68. The van der Waals surface area contributed by atoms with Gasteiger partial charge in [-0.15, -0.1) is 0 Å². The number of carbonyl (C=O) groups excluding carboxylic acids is 2. The van der Waals surface area contributed by atoms with Gasteiger partial charge in [0.25, 0.3) is 5.92 Å². The van der Waals surface area contributed by atoms with Crippen molar-refractivity contribution in [3.63, 3.8) is 0 Å². The van der Waals surface area contributed by atoms with Gasteiger partial charge in [0.2, 0.25) is 11.7 Å². The molecule has 1 atom stereocenters. The number of benzene rings is 1. The molecule has 160 valence electrons. The number of ketones is 1. The quantitative estimate of drug-likeness (QED) is 0.258. The molecule has 30 heavy (non-hydrogen) atoms. The van der Waals surface area contributed by atoms with Crippen LogP contribution in [0.25, 0.3) is 11.4 Å². The lowest BCUT2D eigenvalue weighted by molar-refractivity contribution is -0.131. The van der Waals surface area contributed by atoms with Gasteiger partial charge in [-0.05, 0) is 37.1 Å². The van der Waals surface area contributed by atoms with E-state index in [0.29, 0.717) is 42.8 Å². The molecule has 0 spiro atoms. The Balaban J connectivity index is 1.89. The first kappa shape index (κ1) is 23.1. The van der Waals surface area contributed by atoms with E-state index in [1.165, 1.54) is 6.92 Å². The van der Waals surface area contributed by atoms with Crippen LogP contribution in [0.5, 0.6) is 5.75 Å².